The molecule has 96 valence electrons. The van der Waals surface area contributed by atoms with Gasteiger partial charge < -0.3 is 10.3 Å². The van der Waals surface area contributed by atoms with Crippen LogP contribution in [0.5, 0.6) is 0 Å². The number of hydrogen-bond donors (Lipinski definition) is 2. The van der Waals surface area contributed by atoms with Gasteiger partial charge in [-0.2, -0.15) is 0 Å². The highest BCUT2D eigenvalue weighted by Gasteiger charge is 2.14. The Morgan fingerprint density at radius 3 is 2.94 bits per heavy atom. The normalized spacial score (nSPS) is 18.6. The SMILES string of the molecule is Cc1ccc(C(=O)NC[C@@H]2CC=CCC2)c(=O)[nH]1. The lowest BCUT2D eigenvalue weighted by atomic mass is 9.94. The molecule has 0 aliphatic heterocycles. The van der Waals surface area contributed by atoms with E-state index in [4.69, 9.17) is 0 Å². The average Bonchev–Trinajstić information content (AvgIpc) is 2.37. The predicted octanol–water partition coefficient (Wildman–Crippen LogP) is 1.77. The monoisotopic (exact) mass is 246 g/mol. The summed E-state index contributed by atoms with van der Waals surface area (Å²) in [5.41, 5.74) is 0.622. The van der Waals surface area contributed by atoms with Crippen LogP contribution in [-0.4, -0.2) is 17.4 Å². The van der Waals surface area contributed by atoms with Crippen LogP contribution < -0.4 is 10.9 Å². The van der Waals surface area contributed by atoms with Gasteiger partial charge in [0, 0.05) is 12.2 Å². The molecule has 0 aromatic carbocycles. The molecule has 0 radical (unpaired) electrons. The number of aromatic amines is 1. The van der Waals surface area contributed by atoms with E-state index in [-0.39, 0.29) is 17.0 Å². The number of carbonyl (C=O) groups is 1. The number of H-pyrrole nitrogens is 1. The summed E-state index contributed by atoms with van der Waals surface area (Å²) in [5, 5.41) is 2.84. The zero-order valence-corrected chi connectivity index (χ0v) is 10.5. The summed E-state index contributed by atoms with van der Waals surface area (Å²) in [6.07, 6.45) is 7.50. The summed E-state index contributed by atoms with van der Waals surface area (Å²) < 4.78 is 0. The highest BCUT2D eigenvalue weighted by molar-refractivity contribution is 5.93. The average molecular weight is 246 g/mol. The Balaban J connectivity index is 1.95. The smallest absolute Gasteiger partial charge is 0.260 e. The van der Waals surface area contributed by atoms with Crippen LogP contribution in [0, 0.1) is 12.8 Å². The van der Waals surface area contributed by atoms with Gasteiger partial charge in [0.05, 0.1) is 0 Å². The third-order valence-electron chi connectivity index (χ3n) is 3.23. The molecule has 1 atom stereocenters. The van der Waals surface area contributed by atoms with E-state index in [0.717, 1.165) is 25.0 Å². The third kappa shape index (κ3) is 3.09. The molecular formula is C14H18N2O2. The largest absolute Gasteiger partial charge is 0.352 e. The first-order valence-corrected chi connectivity index (χ1v) is 6.30. The lowest BCUT2D eigenvalue weighted by Gasteiger charge is -2.17. The molecule has 18 heavy (non-hydrogen) atoms. The van der Waals surface area contributed by atoms with E-state index in [2.05, 4.69) is 22.5 Å². The van der Waals surface area contributed by atoms with Crippen molar-refractivity contribution in [1.29, 1.82) is 0 Å². The van der Waals surface area contributed by atoms with E-state index in [1.807, 2.05) is 0 Å². The van der Waals surface area contributed by atoms with Gasteiger partial charge in [-0.15, -0.1) is 0 Å². The van der Waals surface area contributed by atoms with Gasteiger partial charge in [-0.3, -0.25) is 9.59 Å². The third-order valence-corrected chi connectivity index (χ3v) is 3.23. The fourth-order valence-corrected chi connectivity index (χ4v) is 2.12. The van der Waals surface area contributed by atoms with Crippen LogP contribution in [0.4, 0.5) is 0 Å². The highest BCUT2D eigenvalue weighted by Crippen LogP contribution is 2.16. The van der Waals surface area contributed by atoms with Crippen molar-refractivity contribution in [2.75, 3.05) is 6.54 Å². The fourth-order valence-electron chi connectivity index (χ4n) is 2.12. The van der Waals surface area contributed by atoms with E-state index in [9.17, 15) is 9.59 Å². The molecular weight excluding hydrogens is 228 g/mol. The second-order valence-corrected chi connectivity index (χ2v) is 4.74. The van der Waals surface area contributed by atoms with Crippen LogP contribution in [0.3, 0.4) is 0 Å². The van der Waals surface area contributed by atoms with Crippen molar-refractivity contribution in [2.24, 2.45) is 5.92 Å². The maximum absolute atomic E-state index is 11.9. The molecule has 1 aliphatic rings. The molecule has 1 aromatic rings. The lowest BCUT2D eigenvalue weighted by molar-refractivity contribution is 0.0944. The minimum Gasteiger partial charge on any atom is -0.352 e. The van der Waals surface area contributed by atoms with Crippen LogP contribution in [0.2, 0.25) is 0 Å². The fraction of sp³-hybridized carbons (Fsp3) is 0.429. The van der Waals surface area contributed by atoms with Gasteiger partial charge in [-0.05, 0) is 44.2 Å². The minimum atomic E-state index is -0.323. The maximum Gasteiger partial charge on any atom is 0.260 e. The van der Waals surface area contributed by atoms with Crippen molar-refractivity contribution in [3.05, 3.63) is 45.9 Å². The number of allylic oxidation sites excluding steroid dienone is 2. The standard InChI is InChI=1S/C14H18N2O2/c1-10-7-8-12(14(18)16-10)13(17)15-9-11-5-3-2-4-6-11/h2-3,7-8,11H,4-6,9H2,1H3,(H,15,17)(H,16,18)/t11-/m1/s1. The molecule has 1 aromatic heterocycles. The second-order valence-electron chi connectivity index (χ2n) is 4.74. The van der Waals surface area contributed by atoms with Crippen molar-refractivity contribution < 1.29 is 4.79 Å². The summed E-state index contributed by atoms with van der Waals surface area (Å²) in [6.45, 7) is 2.42. The van der Waals surface area contributed by atoms with E-state index < -0.39 is 0 Å². The molecule has 0 spiro atoms. The van der Waals surface area contributed by atoms with Crippen molar-refractivity contribution in [3.8, 4) is 0 Å². The molecule has 4 heteroatoms. The van der Waals surface area contributed by atoms with Crippen LogP contribution in [0.25, 0.3) is 0 Å². The molecule has 0 saturated carbocycles. The number of nitrogens with one attached hydrogen (secondary N) is 2. The van der Waals surface area contributed by atoms with E-state index in [1.54, 1.807) is 19.1 Å². The molecule has 2 rings (SSSR count). The van der Waals surface area contributed by atoms with Crippen molar-refractivity contribution in [3.63, 3.8) is 0 Å². The van der Waals surface area contributed by atoms with E-state index in [0.29, 0.717) is 12.5 Å². The van der Waals surface area contributed by atoms with Crippen LogP contribution in [-0.2, 0) is 0 Å². The quantitative estimate of drug-likeness (QED) is 0.798. The number of aromatic nitrogens is 1. The van der Waals surface area contributed by atoms with E-state index in [1.165, 1.54) is 0 Å². The maximum atomic E-state index is 11.9. The molecule has 0 bridgehead atoms. The van der Waals surface area contributed by atoms with Gasteiger partial charge in [0.25, 0.3) is 11.5 Å². The molecule has 0 fully saturated rings. The van der Waals surface area contributed by atoms with Gasteiger partial charge in [0.15, 0.2) is 0 Å². The first-order chi connectivity index (χ1) is 8.66. The number of hydrogen-bond acceptors (Lipinski definition) is 2. The first-order valence-electron chi connectivity index (χ1n) is 6.30. The highest BCUT2D eigenvalue weighted by atomic mass is 16.2. The van der Waals surface area contributed by atoms with Crippen LogP contribution >= 0.6 is 0 Å². The molecule has 4 nitrogen and oxygen atoms in total. The molecule has 0 unspecified atom stereocenters. The Bertz CT molecular complexity index is 517. The first kappa shape index (κ1) is 12.6. The van der Waals surface area contributed by atoms with Crippen LogP contribution in [0.15, 0.2) is 29.1 Å². The number of aryl methyl sites for hydroxylation is 1. The molecule has 1 aliphatic carbocycles. The Morgan fingerprint density at radius 2 is 2.28 bits per heavy atom. The molecule has 0 saturated heterocycles. The Morgan fingerprint density at radius 1 is 1.44 bits per heavy atom. The molecule has 1 heterocycles. The van der Waals surface area contributed by atoms with Gasteiger partial charge in [0.2, 0.25) is 0 Å². The van der Waals surface area contributed by atoms with Gasteiger partial charge in [-0.1, -0.05) is 12.2 Å². The zero-order chi connectivity index (χ0) is 13.0. The van der Waals surface area contributed by atoms with Gasteiger partial charge in [0.1, 0.15) is 5.56 Å². The van der Waals surface area contributed by atoms with E-state index >= 15 is 0 Å². The predicted molar refractivity (Wildman–Crippen MR) is 70.6 cm³/mol. The second kappa shape index (κ2) is 5.67. The zero-order valence-electron chi connectivity index (χ0n) is 10.5. The Hall–Kier alpha value is -1.84. The van der Waals surface area contributed by atoms with Crippen LogP contribution in [0.1, 0.15) is 35.3 Å². The summed E-state index contributed by atoms with van der Waals surface area (Å²) >= 11 is 0. The number of pyridine rings is 1. The lowest BCUT2D eigenvalue weighted by Crippen LogP contribution is -2.33. The van der Waals surface area contributed by atoms with Crippen molar-refractivity contribution >= 4 is 5.91 Å². The summed E-state index contributed by atoms with van der Waals surface area (Å²) in [4.78, 5) is 26.1. The number of carbonyl (C=O) groups excluding carboxylic acids is 1. The number of amides is 1. The van der Waals surface area contributed by atoms with Gasteiger partial charge in [-0.25, -0.2) is 0 Å². The number of rotatable bonds is 3. The topological polar surface area (TPSA) is 62.0 Å². The molecule has 2 N–H and O–H groups in total. The summed E-state index contributed by atoms with van der Waals surface area (Å²) in [6, 6.07) is 3.31. The molecule has 1 amide bonds. The Kier molecular flexibility index (Phi) is 3.97. The summed E-state index contributed by atoms with van der Waals surface area (Å²) in [7, 11) is 0. The van der Waals surface area contributed by atoms with Gasteiger partial charge >= 0.3 is 0 Å². The van der Waals surface area contributed by atoms with Crippen molar-refractivity contribution in [1.82, 2.24) is 10.3 Å². The van der Waals surface area contributed by atoms with Crippen molar-refractivity contribution in [2.45, 2.75) is 26.2 Å². The summed E-state index contributed by atoms with van der Waals surface area (Å²) in [5.74, 6) is 0.203. The Labute approximate surface area is 106 Å². The minimum absolute atomic E-state index is 0.187.